The first-order valence-electron chi connectivity index (χ1n) is 10.5. The number of carbonyl (C=O) groups excluding carboxylic acids is 2. The van der Waals surface area contributed by atoms with Crippen molar-refractivity contribution in [3.8, 4) is 17.2 Å². The van der Waals surface area contributed by atoms with Gasteiger partial charge in [0.05, 0.1) is 32.1 Å². The van der Waals surface area contributed by atoms with Crippen LogP contribution in [-0.2, 0) is 9.53 Å². The number of hydrogen-bond acceptors (Lipinski definition) is 6. The highest BCUT2D eigenvalue weighted by Crippen LogP contribution is 2.31. The molecule has 33 heavy (non-hydrogen) atoms. The maximum absolute atomic E-state index is 13.2. The molecule has 7 nitrogen and oxygen atoms in total. The SMILES string of the molecule is CCOc1cc(C(=O)OC(C(=O)Nc2cc(C)ccc2OC)c2ccccc2)ccc1OC. The van der Waals surface area contributed by atoms with Crippen molar-refractivity contribution < 1.29 is 28.5 Å². The first-order valence-corrected chi connectivity index (χ1v) is 10.5. The number of rotatable bonds is 9. The highest BCUT2D eigenvalue weighted by molar-refractivity contribution is 5.99. The van der Waals surface area contributed by atoms with Crippen LogP contribution in [-0.4, -0.2) is 32.7 Å². The molecule has 0 spiro atoms. The molecule has 1 amide bonds. The van der Waals surface area contributed by atoms with E-state index in [-0.39, 0.29) is 5.56 Å². The van der Waals surface area contributed by atoms with E-state index < -0.39 is 18.0 Å². The van der Waals surface area contributed by atoms with Crippen LogP contribution in [0.15, 0.2) is 66.7 Å². The van der Waals surface area contributed by atoms with E-state index in [1.165, 1.54) is 20.3 Å². The summed E-state index contributed by atoms with van der Waals surface area (Å²) in [6.07, 6.45) is -1.18. The highest BCUT2D eigenvalue weighted by atomic mass is 16.5. The van der Waals surface area contributed by atoms with Crippen LogP contribution in [0.3, 0.4) is 0 Å². The van der Waals surface area contributed by atoms with E-state index in [9.17, 15) is 9.59 Å². The van der Waals surface area contributed by atoms with Crippen molar-refractivity contribution in [2.75, 3.05) is 26.1 Å². The molecule has 0 saturated heterocycles. The van der Waals surface area contributed by atoms with Crippen molar-refractivity contribution in [3.05, 3.63) is 83.4 Å². The molecule has 0 aliphatic heterocycles. The summed E-state index contributed by atoms with van der Waals surface area (Å²) in [5, 5.41) is 2.82. The number of esters is 1. The lowest BCUT2D eigenvalue weighted by atomic mass is 10.1. The number of anilines is 1. The van der Waals surface area contributed by atoms with Gasteiger partial charge in [-0.3, -0.25) is 4.79 Å². The Morgan fingerprint density at radius 1 is 0.879 bits per heavy atom. The molecule has 1 N–H and O–H groups in total. The number of nitrogens with one attached hydrogen (secondary N) is 1. The molecule has 0 fully saturated rings. The van der Waals surface area contributed by atoms with Crippen molar-refractivity contribution >= 4 is 17.6 Å². The van der Waals surface area contributed by atoms with Gasteiger partial charge in [0.15, 0.2) is 11.5 Å². The summed E-state index contributed by atoms with van der Waals surface area (Å²) in [4.78, 5) is 26.2. The lowest BCUT2D eigenvalue weighted by Gasteiger charge is -2.19. The first-order chi connectivity index (χ1) is 16.0. The number of methoxy groups -OCH3 is 2. The molecule has 172 valence electrons. The van der Waals surface area contributed by atoms with E-state index in [0.717, 1.165) is 5.56 Å². The summed E-state index contributed by atoms with van der Waals surface area (Å²) in [7, 11) is 3.04. The number of benzene rings is 3. The van der Waals surface area contributed by atoms with Crippen LogP contribution in [0.1, 0.15) is 34.5 Å². The van der Waals surface area contributed by atoms with Crippen LogP contribution in [0.25, 0.3) is 0 Å². The zero-order valence-electron chi connectivity index (χ0n) is 19.1. The summed E-state index contributed by atoms with van der Waals surface area (Å²) in [6.45, 7) is 4.14. The third-order valence-corrected chi connectivity index (χ3v) is 4.88. The Labute approximate surface area is 193 Å². The summed E-state index contributed by atoms with van der Waals surface area (Å²) in [6, 6.07) is 19.0. The van der Waals surface area contributed by atoms with Crippen LogP contribution < -0.4 is 19.5 Å². The van der Waals surface area contributed by atoms with E-state index >= 15 is 0 Å². The highest BCUT2D eigenvalue weighted by Gasteiger charge is 2.27. The fourth-order valence-electron chi connectivity index (χ4n) is 3.27. The monoisotopic (exact) mass is 449 g/mol. The van der Waals surface area contributed by atoms with E-state index in [1.54, 1.807) is 48.5 Å². The van der Waals surface area contributed by atoms with Crippen LogP contribution >= 0.6 is 0 Å². The van der Waals surface area contributed by atoms with Crippen molar-refractivity contribution in [1.82, 2.24) is 0 Å². The number of aryl methyl sites for hydroxylation is 1. The van der Waals surface area contributed by atoms with Gasteiger partial charge in [0, 0.05) is 5.56 Å². The first kappa shape index (κ1) is 23.7. The molecule has 3 aromatic rings. The Morgan fingerprint density at radius 3 is 2.24 bits per heavy atom. The van der Waals surface area contributed by atoms with Crippen LogP contribution in [0.2, 0.25) is 0 Å². The summed E-state index contributed by atoms with van der Waals surface area (Å²) < 4.78 is 21.8. The smallest absolute Gasteiger partial charge is 0.339 e. The molecule has 3 rings (SSSR count). The predicted molar refractivity (Wildman–Crippen MR) is 125 cm³/mol. The topological polar surface area (TPSA) is 83.1 Å². The minimum absolute atomic E-state index is 0.237. The van der Waals surface area contributed by atoms with Crippen LogP contribution in [0.4, 0.5) is 5.69 Å². The van der Waals surface area contributed by atoms with E-state index in [4.69, 9.17) is 18.9 Å². The van der Waals surface area contributed by atoms with Crippen molar-refractivity contribution in [2.45, 2.75) is 20.0 Å². The average Bonchev–Trinajstić information content (AvgIpc) is 2.83. The normalized spacial score (nSPS) is 11.3. The molecule has 0 heterocycles. The maximum Gasteiger partial charge on any atom is 0.339 e. The Kier molecular flexibility index (Phi) is 7.91. The van der Waals surface area contributed by atoms with E-state index in [1.807, 2.05) is 26.0 Å². The van der Waals surface area contributed by atoms with Gasteiger partial charge in [-0.05, 0) is 49.7 Å². The Balaban J connectivity index is 1.89. The van der Waals surface area contributed by atoms with Gasteiger partial charge in [-0.15, -0.1) is 0 Å². The molecule has 1 atom stereocenters. The number of carbonyl (C=O) groups is 2. The minimum Gasteiger partial charge on any atom is -0.495 e. The summed E-state index contributed by atoms with van der Waals surface area (Å²) >= 11 is 0. The molecule has 0 aliphatic carbocycles. The second-order valence-corrected chi connectivity index (χ2v) is 7.19. The molecular formula is C26H27NO6. The third-order valence-electron chi connectivity index (χ3n) is 4.88. The minimum atomic E-state index is -1.18. The molecule has 0 saturated carbocycles. The molecule has 0 aliphatic rings. The van der Waals surface area contributed by atoms with Gasteiger partial charge >= 0.3 is 5.97 Å². The Bertz CT molecular complexity index is 1110. The molecule has 7 heteroatoms. The van der Waals surface area contributed by atoms with Gasteiger partial charge < -0.3 is 24.3 Å². The Morgan fingerprint density at radius 2 is 1.58 bits per heavy atom. The second kappa shape index (κ2) is 11.0. The number of amides is 1. The summed E-state index contributed by atoms with van der Waals surface area (Å²) in [5.41, 5.74) is 2.21. The van der Waals surface area contributed by atoms with Gasteiger partial charge in [-0.2, -0.15) is 0 Å². The molecule has 1 unspecified atom stereocenters. The van der Waals surface area contributed by atoms with Gasteiger partial charge in [0.2, 0.25) is 6.10 Å². The molecule has 3 aromatic carbocycles. The standard InChI is InChI=1S/C26H27NO6/c1-5-32-23-16-19(12-14-22(23)31-4)26(29)33-24(18-9-7-6-8-10-18)25(28)27-20-15-17(2)11-13-21(20)30-3/h6-16,24H,5H2,1-4H3,(H,27,28). The second-order valence-electron chi connectivity index (χ2n) is 7.19. The van der Waals surface area contributed by atoms with Crippen LogP contribution in [0, 0.1) is 6.92 Å². The fourth-order valence-corrected chi connectivity index (χ4v) is 3.27. The number of ether oxygens (including phenoxy) is 4. The molecule has 0 radical (unpaired) electrons. The third kappa shape index (κ3) is 5.83. The average molecular weight is 450 g/mol. The largest absolute Gasteiger partial charge is 0.495 e. The van der Waals surface area contributed by atoms with E-state index in [0.29, 0.717) is 35.1 Å². The van der Waals surface area contributed by atoms with Gasteiger partial charge in [0.1, 0.15) is 5.75 Å². The zero-order chi connectivity index (χ0) is 23.8. The maximum atomic E-state index is 13.2. The zero-order valence-corrected chi connectivity index (χ0v) is 19.1. The fraction of sp³-hybridized carbons (Fsp3) is 0.231. The van der Waals surface area contributed by atoms with Crippen molar-refractivity contribution in [1.29, 1.82) is 0 Å². The molecule has 0 bridgehead atoms. The van der Waals surface area contributed by atoms with Crippen molar-refractivity contribution in [3.63, 3.8) is 0 Å². The van der Waals surface area contributed by atoms with Gasteiger partial charge in [0.25, 0.3) is 5.91 Å². The van der Waals surface area contributed by atoms with E-state index in [2.05, 4.69) is 5.32 Å². The molecule has 0 aromatic heterocycles. The van der Waals surface area contributed by atoms with Crippen LogP contribution in [0.5, 0.6) is 17.2 Å². The van der Waals surface area contributed by atoms with Gasteiger partial charge in [-0.25, -0.2) is 4.79 Å². The van der Waals surface area contributed by atoms with Crippen molar-refractivity contribution in [2.24, 2.45) is 0 Å². The number of hydrogen-bond donors (Lipinski definition) is 1. The van der Waals surface area contributed by atoms with Gasteiger partial charge in [-0.1, -0.05) is 36.4 Å². The quantitative estimate of drug-likeness (QED) is 0.466. The lowest BCUT2D eigenvalue weighted by Crippen LogP contribution is -2.26. The lowest BCUT2D eigenvalue weighted by molar-refractivity contribution is -0.125. The predicted octanol–water partition coefficient (Wildman–Crippen LogP) is 4.95. The molecular weight excluding hydrogens is 422 g/mol. The Hall–Kier alpha value is -4.00. The summed E-state index contributed by atoms with van der Waals surface area (Å²) in [5.74, 6) is 0.247.